The van der Waals surface area contributed by atoms with Crippen molar-refractivity contribution in [3.05, 3.63) is 46.2 Å². The molecule has 0 saturated heterocycles. The lowest BCUT2D eigenvalue weighted by Crippen LogP contribution is -2.09. The second-order valence-electron chi connectivity index (χ2n) is 4.91. The summed E-state index contributed by atoms with van der Waals surface area (Å²) < 4.78 is 5.26. The fourth-order valence-electron chi connectivity index (χ4n) is 2.22. The Balaban J connectivity index is 1.85. The van der Waals surface area contributed by atoms with Gasteiger partial charge in [-0.05, 0) is 44.4 Å². The van der Waals surface area contributed by atoms with Crippen molar-refractivity contribution in [1.82, 2.24) is 9.97 Å². The third kappa shape index (κ3) is 4.33. The SMILES string of the molecule is COc1c(C)nc(NCCCc2ccc(Cl)cc2)nc1C. The molecule has 5 heteroatoms. The second kappa shape index (κ2) is 7.27. The predicted molar refractivity (Wildman–Crippen MR) is 86.3 cm³/mol. The quantitative estimate of drug-likeness (QED) is 0.825. The molecule has 0 aliphatic rings. The first-order valence-electron chi connectivity index (χ1n) is 6.97. The van der Waals surface area contributed by atoms with Crippen molar-refractivity contribution in [2.45, 2.75) is 26.7 Å². The second-order valence-corrected chi connectivity index (χ2v) is 5.34. The molecule has 1 heterocycles. The number of ether oxygens (including phenoxy) is 1. The van der Waals surface area contributed by atoms with E-state index in [1.165, 1.54) is 5.56 Å². The summed E-state index contributed by atoms with van der Waals surface area (Å²) in [5.41, 5.74) is 2.99. The molecule has 1 aromatic heterocycles. The van der Waals surface area contributed by atoms with Crippen LogP contribution in [0.25, 0.3) is 0 Å². The lowest BCUT2D eigenvalue weighted by atomic mass is 10.1. The molecule has 0 bridgehead atoms. The summed E-state index contributed by atoms with van der Waals surface area (Å²) in [6.07, 6.45) is 2.01. The molecular weight excluding hydrogens is 286 g/mol. The van der Waals surface area contributed by atoms with E-state index in [2.05, 4.69) is 27.4 Å². The molecule has 0 saturated carbocycles. The summed E-state index contributed by atoms with van der Waals surface area (Å²) in [5.74, 6) is 1.41. The fourth-order valence-corrected chi connectivity index (χ4v) is 2.35. The van der Waals surface area contributed by atoms with Gasteiger partial charge in [-0.3, -0.25) is 0 Å². The average molecular weight is 306 g/mol. The van der Waals surface area contributed by atoms with Gasteiger partial charge in [0.15, 0.2) is 5.75 Å². The maximum Gasteiger partial charge on any atom is 0.223 e. The number of nitrogens with zero attached hydrogens (tertiary/aromatic N) is 2. The molecule has 0 spiro atoms. The number of nitrogens with one attached hydrogen (secondary N) is 1. The van der Waals surface area contributed by atoms with Crippen LogP contribution in [0.3, 0.4) is 0 Å². The van der Waals surface area contributed by atoms with Gasteiger partial charge in [0.1, 0.15) is 0 Å². The molecule has 0 aliphatic carbocycles. The third-order valence-corrected chi connectivity index (χ3v) is 3.50. The minimum absolute atomic E-state index is 0.655. The number of halogens is 1. The summed E-state index contributed by atoms with van der Waals surface area (Å²) in [6.45, 7) is 4.67. The van der Waals surface area contributed by atoms with Crippen molar-refractivity contribution in [3.63, 3.8) is 0 Å². The first-order chi connectivity index (χ1) is 10.1. The Morgan fingerprint density at radius 1 is 1.10 bits per heavy atom. The van der Waals surface area contributed by atoms with Crippen LogP contribution in [-0.2, 0) is 6.42 Å². The van der Waals surface area contributed by atoms with Gasteiger partial charge < -0.3 is 10.1 Å². The minimum atomic E-state index is 0.655. The van der Waals surface area contributed by atoms with Crippen LogP contribution < -0.4 is 10.1 Å². The number of aryl methyl sites for hydroxylation is 3. The van der Waals surface area contributed by atoms with E-state index in [9.17, 15) is 0 Å². The van der Waals surface area contributed by atoms with Crippen molar-refractivity contribution in [1.29, 1.82) is 0 Å². The van der Waals surface area contributed by atoms with E-state index in [-0.39, 0.29) is 0 Å². The normalized spacial score (nSPS) is 10.5. The van der Waals surface area contributed by atoms with Crippen molar-refractivity contribution in [2.24, 2.45) is 0 Å². The number of benzene rings is 1. The molecule has 0 amide bonds. The molecule has 21 heavy (non-hydrogen) atoms. The monoisotopic (exact) mass is 305 g/mol. The maximum atomic E-state index is 5.87. The molecule has 2 aromatic rings. The lowest BCUT2D eigenvalue weighted by Gasteiger charge is -2.10. The Labute approximate surface area is 130 Å². The zero-order valence-electron chi connectivity index (χ0n) is 12.6. The van der Waals surface area contributed by atoms with E-state index in [4.69, 9.17) is 16.3 Å². The van der Waals surface area contributed by atoms with E-state index in [1.54, 1.807) is 7.11 Å². The Morgan fingerprint density at radius 2 is 1.71 bits per heavy atom. The molecular formula is C16H20ClN3O. The highest BCUT2D eigenvalue weighted by atomic mass is 35.5. The van der Waals surface area contributed by atoms with Crippen molar-refractivity contribution in [2.75, 3.05) is 19.0 Å². The molecule has 4 nitrogen and oxygen atoms in total. The molecule has 0 radical (unpaired) electrons. The Morgan fingerprint density at radius 3 is 2.29 bits per heavy atom. The van der Waals surface area contributed by atoms with Gasteiger partial charge in [-0.2, -0.15) is 0 Å². The number of rotatable bonds is 6. The molecule has 0 fully saturated rings. The van der Waals surface area contributed by atoms with Crippen molar-refractivity contribution < 1.29 is 4.74 Å². The summed E-state index contributed by atoms with van der Waals surface area (Å²) in [7, 11) is 1.64. The standard InChI is InChI=1S/C16H20ClN3O/c1-11-15(21-3)12(2)20-16(19-11)18-10-4-5-13-6-8-14(17)9-7-13/h6-9H,4-5,10H2,1-3H3,(H,18,19,20). The molecule has 1 aromatic carbocycles. The Hall–Kier alpha value is -1.81. The Kier molecular flexibility index (Phi) is 5.39. The van der Waals surface area contributed by atoms with Crippen LogP contribution in [0.4, 0.5) is 5.95 Å². The molecule has 112 valence electrons. The maximum absolute atomic E-state index is 5.87. The lowest BCUT2D eigenvalue weighted by molar-refractivity contribution is 0.403. The van der Waals surface area contributed by atoms with E-state index in [0.717, 1.165) is 41.5 Å². The van der Waals surface area contributed by atoms with Crippen molar-refractivity contribution in [3.8, 4) is 5.75 Å². The zero-order valence-corrected chi connectivity index (χ0v) is 13.4. The van der Waals surface area contributed by atoms with Gasteiger partial charge in [0.2, 0.25) is 5.95 Å². The van der Waals surface area contributed by atoms with E-state index in [1.807, 2.05) is 26.0 Å². The highest BCUT2D eigenvalue weighted by Gasteiger charge is 2.07. The predicted octanol–water partition coefficient (Wildman–Crippen LogP) is 3.80. The fraction of sp³-hybridized carbons (Fsp3) is 0.375. The van der Waals surface area contributed by atoms with Gasteiger partial charge in [-0.25, -0.2) is 9.97 Å². The smallest absolute Gasteiger partial charge is 0.223 e. The van der Waals surface area contributed by atoms with Gasteiger partial charge in [0.05, 0.1) is 18.5 Å². The van der Waals surface area contributed by atoms with Crippen LogP contribution in [-0.4, -0.2) is 23.6 Å². The molecule has 1 N–H and O–H groups in total. The van der Waals surface area contributed by atoms with Gasteiger partial charge >= 0.3 is 0 Å². The number of anilines is 1. The summed E-state index contributed by atoms with van der Waals surface area (Å²) in [5, 5.41) is 4.03. The van der Waals surface area contributed by atoms with E-state index >= 15 is 0 Å². The molecule has 0 unspecified atom stereocenters. The van der Waals surface area contributed by atoms with Gasteiger partial charge in [0, 0.05) is 11.6 Å². The highest BCUT2D eigenvalue weighted by Crippen LogP contribution is 2.20. The van der Waals surface area contributed by atoms with Crippen LogP contribution in [0.1, 0.15) is 23.4 Å². The summed E-state index contributed by atoms with van der Waals surface area (Å²) in [4.78, 5) is 8.79. The number of hydrogen-bond acceptors (Lipinski definition) is 4. The number of aromatic nitrogens is 2. The van der Waals surface area contributed by atoms with E-state index in [0.29, 0.717) is 5.95 Å². The van der Waals surface area contributed by atoms with Crippen molar-refractivity contribution >= 4 is 17.5 Å². The van der Waals surface area contributed by atoms with Crippen LogP contribution in [0.2, 0.25) is 5.02 Å². The van der Waals surface area contributed by atoms with Gasteiger partial charge in [0.25, 0.3) is 0 Å². The zero-order chi connectivity index (χ0) is 15.2. The highest BCUT2D eigenvalue weighted by molar-refractivity contribution is 6.30. The Bertz CT molecular complexity index is 576. The number of methoxy groups -OCH3 is 1. The largest absolute Gasteiger partial charge is 0.493 e. The van der Waals surface area contributed by atoms with E-state index < -0.39 is 0 Å². The van der Waals surface area contributed by atoms with Gasteiger partial charge in [-0.15, -0.1) is 0 Å². The van der Waals surface area contributed by atoms with Crippen LogP contribution >= 0.6 is 11.6 Å². The molecule has 2 rings (SSSR count). The molecule has 0 atom stereocenters. The van der Waals surface area contributed by atoms with Crippen LogP contribution in [0, 0.1) is 13.8 Å². The topological polar surface area (TPSA) is 47.0 Å². The molecule has 0 aliphatic heterocycles. The van der Waals surface area contributed by atoms with Gasteiger partial charge in [-0.1, -0.05) is 23.7 Å². The minimum Gasteiger partial charge on any atom is -0.493 e. The first kappa shape index (κ1) is 15.6. The summed E-state index contributed by atoms with van der Waals surface area (Å²) in [6, 6.07) is 7.95. The number of hydrogen-bond donors (Lipinski definition) is 1. The average Bonchev–Trinajstić information content (AvgIpc) is 2.45. The first-order valence-corrected chi connectivity index (χ1v) is 7.35. The summed E-state index contributed by atoms with van der Waals surface area (Å²) >= 11 is 5.87. The van der Waals surface area contributed by atoms with Crippen LogP contribution in [0.5, 0.6) is 5.75 Å². The third-order valence-electron chi connectivity index (χ3n) is 3.25. The van der Waals surface area contributed by atoms with Crippen LogP contribution in [0.15, 0.2) is 24.3 Å².